The Balaban J connectivity index is 3.77. The lowest BCUT2D eigenvalue weighted by Crippen LogP contribution is -2.40. The van der Waals surface area contributed by atoms with E-state index >= 15 is 0 Å². The van der Waals surface area contributed by atoms with Gasteiger partial charge in [0.05, 0.1) is 13.2 Å². The molecule has 0 bridgehead atoms. The minimum absolute atomic E-state index is 0.205. The maximum absolute atomic E-state index is 9.27. The maximum Gasteiger partial charge on any atom is 0.0593 e. The van der Waals surface area contributed by atoms with Crippen LogP contribution in [0.25, 0.3) is 0 Å². The summed E-state index contributed by atoms with van der Waals surface area (Å²) in [6, 6.07) is 0.627. The van der Waals surface area contributed by atoms with E-state index in [1.807, 2.05) is 6.92 Å². The van der Waals surface area contributed by atoms with Crippen LogP contribution in [0, 0.1) is 0 Å². The van der Waals surface area contributed by atoms with Gasteiger partial charge in [-0.1, -0.05) is 20.8 Å². The zero-order valence-electron chi connectivity index (χ0n) is 11.9. The number of likely N-dealkylation sites (N-methyl/N-ethyl adjacent to an activating group) is 1. The van der Waals surface area contributed by atoms with Crippen LogP contribution in [0.3, 0.4) is 0 Å². The summed E-state index contributed by atoms with van der Waals surface area (Å²) in [5, 5.41) is 12.6. The molecule has 0 aliphatic rings. The predicted molar refractivity (Wildman–Crippen MR) is 72.4 cm³/mol. The first-order valence-corrected chi connectivity index (χ1v) is 6.81. The van der Waals surface area contributed by atoms with Gasteiger partial charge in [0.2, 0.25) is 0 Å². The standard InChI is InChI=1S/C13H30N2O2/c1-5-15(9-10-17-6-2)8-7-13(11-16)14-12(3)4/h12-14,16H,5-11H2,1-4H3. The SMILES string of the molecule is CCOCCN(CC)CCC(CO)NC(C)C. The summed E-state index contributed by atoms with van der Waals surface area (Å²) < 4.78 is 5.36. The van der Waals surface area contributed by atoms with Crippen LogP contribution in [0.1, 0.15) is 34.1 Å². The molecule has 0 saturated carbocycles. The van der Waals surface area contributed by atoms with Gasteiger partial charge >= 0.3 is 0 Å². The van der Waals surface area contributed by atoms with Crippen LogP contribution < -0.4 is 5.32 Å². The Hall–Kier alpha value is -0.160. The number of hydrogen-bond donors (Lipinski definition) is 2. The van der Waals surface area contributed by atoms with Crippen molar-refractivity contribution in [1.29, 1.82) is 0 Å². The second-order valence-electron chi connectivity index (χ2n) is 4.62. The zero-order valence-corrected chi connectivity index (χ0v) is 11.9. The van der Waals surface area contributed by atoms with E-state index in [1.54, 1.807) is 0 Å². The average Bonchev–Trinajstić information content (AvgIpc) is 2.31. The minimum atomic E-state index is 0.205. The summed E-state index contributed by atoms with van der Waals surface area (Å²) in [6.45, 7) is 13.2. The molecule has 2 N–H and O–H groups in total. The van der Waals surface area contributed by atoms with E-state index in [0.717, 1.165) is 39.3 Å². The minimum Gasteiger partial charge on any atom is -0.395 e. The van der Waals surface area contributed by atoms with Gasteiger partial charge in [0.15, 0.2) is 0 Å². The van der Waals surface area contributed by atoms with Gasteiger partial charge in [-0.2, -0.15) is 0 Å². The molecule has 1 atom stereocenters. The van der Waals surface area contributed by atoms with Crippen molar-refractivity contribution in [2.45, 2.75) is 46.2 Å². The molecule has 0 aromatic rings. The fourth-order valence-corrected chi connectivity index (χ4v) is 1.80. The van der Waals surface area contributed by atoms with Crippen LogP contribution in [-0.2, 0) is 4.74 Å². The molecule has 0 aromatic carbocycles. The number of aliphatic hydroxyl groups is 1. The molecule has 0 fully saturated rings. The Morgan fingerprint density at radius 2 is 1.94 bits per heavy atom. The van der Waals surface area contributed by atoms with E-state index < -0.39 is 0 Å². The molecule has 0 saturated heterocycles. The monoisotopic (exact) mass is 246 g/mol. The fourth-order valence-electron chi connectivity index (χ4n) is 1.80. The van der Waals surface area contributed by atoms with Crippen LogP contribution in [-0.4, -0.2) is 61.5 Å². The van der Waals surface area contributed by atoms with E-state index in [-0.39, 0.29) is 12.6 Å². The van der Waals surface area contributed by atoms with Crippen molar-refractivity contribution in [3.05, 3.63) is 0 Å². The topological polar surface area (TPSA) is 44.7 Å². The lowest BCUT2D eigenvalue weighted by Gasteiger charge is -2.24. The highest BCUT2D eigenvalue weighted by molar-refractivity contribution is 4.70. The van der Waals surface area contributed by atoms with Crippen LogP contribution in [0.5, 0.6) is 0 Å². The smallest absolute Gasteiger partial charge is 0.0593 e. The molecule has 0 heterocycles. The van der Waals surface area contributed by atoms with E-state index in [2.05, 4.69) is 31.0 Å². The molecule has 0 spiro atoms. The third kappa shape index (κ3) is 9.53. The number of ether oxygens (including phenoxy) is 1. The zero-order chi connectivity index (χ0) is 13.1. The first-order valence-electron chi connectivity index (χ1n) is 6.81. The molecule has 4 heteroatoms. The molecule has 104 valence electrons. The summed E-state index contributed by atoms with van der Waals surface area (Å²) in [4.78, 5) is 2.36. The third-order valence-corrected chi connectivity index (χ3v) is 2.79. The second kappa shape index (κ2) is 11.0. The maximum atomic E-state index is 9.27. The van der Waals surface area contributed by atoms with Crippen LogP contribution in [0.4, 0.5) is 0 Å². The molecule has 0 aromatic heterocycles. The van der Waals surface area contributed by atoms with Gasteiger partial charge in [-0.15, -0.1) is 0 Å². The van der Waals surface area contributed by atoms with Crippen LogP contribution in [0.2, 0.25) is 0 Å². The lowest BCUT2D eigenvalue weighted by molar-refractivity contribution is 0.111. The van der Waals surface area contributed by atoms with Crippen molar-refractivity contribution in [3.63, 3.8) is 0 Å². The van der Waals surface area contributed by atoms with Crippen LogP contribution >= 0.6 is 0 Å². The summed E-state index contributed by atoms with van der Waals surface area (Å²) >= 11 is 0. The van der Waals surface area contributed by atoms with Crippen molar-refractivity contribution >= 4 is 0 Å². The van der Waals surface area contributed by atoms with Crippen molar-refractivity contribution in [3.8, 4) is 0 Å². The highest BCUT2D eigenvalue weighted by Gasteiger charge is 2.10. The Morgan fingerprint density at radius 1 is 1.24 bits per heavy atom. The second-order valence-corrected chi connectivity index (χ2v) is 4.62. The van der Waals surface area contributed by atoms with E-state index in [0.29, 0.717) is 6.04 Å². The molecule has 4 nitrogen and oxygen atoms in total. The molecule has 0 rings (SSSR count). The number of hydrogen-bond acceptors (Lipinski definition) is 4. The van der Waals surface area contributed by atoms with Crippen molar-refractivity contribution in [1.82, 2.24) is 10.2 Å². The van der Waals surface area contributed by atoms with Gasteiger partial charge in [-0.05, 0) is 26.4 Å². The number of nitrogens with zero attached hydrogens (tertiary/aromatic N) is 1. The number of aliphatic hydroxyl groups excluding tert-OH is 1. The molecule has 1 unspecified atom stereocenters. The van der Waals surface area contributed by atoms with Gasteiger partial charge in [0, 0.05) is 25.2 Å². The Kier molecular flexibility index (Phi) is 10.9. The summed E-state index contributed by atoms with van der Waals surface area (Å²) in [6.07, 6.45) is 0.981. The third-order valence-electron chi connectivity index (χ3n) is 2.79. The quantitative estimate of drug-likeness (QED) is 0.536. The van der Waals surface area contributed by atoms with Crippen LogP contribution in [0.15, 0.2) is 0 Å². The summed E-state index contributed by atoms with van der Waals surface area (Å²) in [7, 11) is 0. The van der Waals surface area contributed by atoms with Gasteiger partial charge < -0.3 is 20.1 Å². The highest BCUT2D eigenvalue weighted by Crippen LogP contribution is 1.98. The number of nitrogens with one attached hydrogen (secondary N) is 1. The van der Waals surface area contributed by atoms with Gasteiger partial charge in [-0.25, -0.2) is 0 Å². The molecule has 0 aliphatic carbocycles. The van der Waals surface area contributed by atoms with Gasteiger partial charge in [-0.3, -0.25) is 0 Å². The molecule has 0 radical (unpaired) electrons. The first-order chi connectivity index (χ1) is 8.13. The normalized spacial score (nSPS) is 13.6. The molecular weight excluding hydrogens is 216 g/mol. The van der Waals surface area contributed by atoms with Gasteiger partial charge in [0.1, 0.15) is 0 Å². The Bertz CT molecular complexity index is 165. The average molecular weight is 246 g/mol. The molecule has 0 amide bonds. The van der Waals surface area contributed by atoms with E-state index in [9.17, 15) is 5.11 Å². The molecular formula is C13H30N2O2. The first kappa shape index (κ1) is 16.8. The van der Waals surface area contributed by atoms with Crippen molar-refractivity contribution < 1.29 is 9.84 Å². The fraction of sp³-hybridized carbons (Fsp3) is 1.00. The predicted octanol–water partition coefficient (Wildman–Crippen LogP) is 1.09. The molecule has 17 heavy (non-hydrogen) atoms. The largest absolute Gasteiger partial charge is 0.395 e. The van der Waals surface area contributed by atoms with E-state index in [4.69, 9.17) is 4.74 Å². The Labute approximate surface area is 106 Å². The number of rotatable bonds is 11. The summed E-state index contributed by atoms with van der Waals surface area (Å²) in [5.41, 5.74) is 0. The lowest BCUT2D eigenvalue weighted by atomic mass is 10.2. The van der Waals surface area contributed by atoms with Gasteiger partial charge in [0.25, 0.3) is 0 Å². The molecule has 0 aliphatic heterocycles. The van der Waals surface area contributed by atoms with Crippen molar-refractivity contribution in [2.24, 2.45) is 0 Å². The van der Waals surface area contributed by atoms with Crippen molar-refractivity contribution in [2.75, 3.05) is 39.5 Å². The summed E-state index contributed by atoms with van der Waals surface area (Å²) in [5.74, 6) is 0. The van der Waals surface area contributed by atoms with E-state index in [1.165, 1.54) is 0 Å². The highest BCUT2D eigenvalue weighted by atomic mass is 16.5. The Morgan fingerprint density at radius 3 is 2.41 bits per heavy atom.